The van der Waals surface area contributed by atoms with Gasteiger partial charge in [-0.25, -0.2) is 14.6 Å². The second kappa shape index (κ2) is 7.17. The molecule has 2 aromatic heterocycles. The van der Waals surface area contributed by atoms with Crippen LogP contribution in [0.3, 0.4) is 0 Å². The summed E-state index contributed by atoms with van der Waals surface area (Å²) in [4.78, 5) is 21.2. The third-order valence-electron chi connectivity index (χ3n) is 4.20. The lowest BCUT2D eigenvalue weighted by Gasteiger charge is -2.11. The molecule has 0 saturated carbocycles. The number of fused-ring (bicyclic) bond motifs is 1. The first-order chi connectivity index (χ1) is 13.2. The predicted octanol–water partition coefficient (Wildman–Crippen LogP) is 3.56. The van der Waals surface area contributed by atoms with Crippen molar-refractivity contribution in [2.45, 2.75) is 6.54 Å². The van der Waals surface area contributed by atoms with Crippen LogP contribution >= 0.6 is 11.6 Å². The molecule has 0 saturated heterocycles. The molecule has 0 spiro atoms. The van der Waals surface area contributed by atoms with Crippen LogP contribution < -0.4 is 10.3 Å². The summed E-state index contributed by atoms with van der Waals surface area (Å²) in [5, 5.41) is 6.58. The van der Waals surface area contributed by atoms with E-state index in [4.69, 9.17) is 16.3 Å². The van der Waals surface area contributed by atoms with Gasteiger partial charge in [-0.2, -0.15) is 5.10 Å². The molecule has 134 valence electrons. The molecule has 0 unspecified atom stereocenters. The van der Waals surface area contributed by atoms with Gasteiger partial charge in [0.2, 0.25) is 0 Å². The van der Waals surface area contributed by atoms with Gasteiger partial charge in [-0.15, -0.1) is 0 Å². The van der Waals surface area contributed by atoms with E-state index in [1.54, 1.807) is 30.6 Å². The van der Waals surface area contributed by atoms with Gasteiger partial charge in [-0.3, -0.25) is 4.79 Å². The highest BCUT2D eigenvalue weighted by Gasteiger charge is 2.13. The Hall–Kier alpha value is -3.25. The van der Waals surface area contributed by atoms with Crippen LogP contribution in [0.5, 0.6) is 6.01 Å². The van der Waals surface area contributed by atoms with Crippen molar-refractivity contribution in [3.8, 4) is 17.3 Å². The summed E-state index contributed by atoms with van der Waals surface area (Å²) in [7, 11) is 1.51. The van der Waals surface area contributed by atoms with E-state index in [1.165, 1.54) is 11.8 Å². The molecule has 0 amide bonds. The first-order valence-corrected chi connectivity index (χ1v) is 8.64. The van der Waals surface area contributed by atoms with Gasteiger partial charge in [0, 0.05) is 28.4 Å². The molecule has 4 aromatic rings. The fourth-order valence-electron chi connectivity index (χ4n) is 2.86. The zero-order chi connectivity index (χ0) is 18.8. The molecular weight excluding hydrogens is 364 g/mol. The fourth-order valence-corrected chi connectivity index (χ4v) is 2.99. The quantitative estimate of drug-likeness (QED) is 0.543. The van der Waals surface area contributed by atoms with Crippen molar-refractivity contribution in [3.63, 3.8) is 0 Å². The summed E-state index contributed by atoms with van der Waals surface area (Å²) in [6, 6.07) is 15.0. The van der Waals surface area contributed by atoms with Crippen LogP contribution in [-0.4, -0.2) is 26.9 Å². The summed E-state index contributed by atoms with van der Waals surface area (Å²) in [5.74, 6) is 0. The second-order valence-corrected chi connectivity index (χ2v) is 6.38. The largest absolute Gasteiger partial charge is 0.467 e. The topological polar surface area (TPSA) is 69.9 Å². The van der Waals surface area contributed by atoms with E-state index in [0.717, 1.165) is 10.9 Å². The molecule has 4 rings (SSSR count). The Kier molecular flexibility index (Phi) is 4.56. The average molecular weight is 379 g/mol. The van der Waals surface area contributed by atoms with Gasteiger partial charge in [0.05, 0.1) is 19.0 Å². The average Bonchev–Trinajstić information content (AvgIpc) is 2.72. The Morgan fingerprint density at radius 2 is 1.67 bits per heavy atom. The van der Waals surface area contributed by atoms with Gasteiger partial charge in [0.25, 0.3) is 5.56 Å². The lowest BCUT2D eigenvalue weighted by molar-refractivity contribution is 0.380. The number of ether oxygens (including phenoxy) is 1. The molecule has 27 heavy (non-hydrogen) atoms. The lowest BCUT2D eigenvalue weighted by atomic mass is 10.1. The van der Waals surface area contributed by atoms with Crippen LogP contribution in [0.1, 0.15) is 5.56 Å². The third-order valence-corrected chi connectivity index (χ3v) is 4.45. The monoisotopic (exact) mass is 378 g/mol. The van der Waals surface area contributed by atoms with Gasteiger partial charge in [-0.05, 0) is 23.8 Å². The molecule has 0 N–H and O–H groups in total. The molecule has 7 heteroatoms. The minimum absolute atomic E-state index is 0.154. The van der Waals surface area contributed by atoms with Crippen molar-refractivity contribution in [1.29, 1.82) is 0 Å². The zero-order valence-electron chi connectivity index (χ0n) is 14.5. The standard InChI is InChI=1S/C20H15ClN4O2/c1-27-20-22-10-14(11-23-20)18-16-4-2-3-5-17(16)19(26)25(24-18)12-13-6-8-15(21)9-7-13/h2-11H,12H2,1H3. The minimum atomic E-state index is -0.154. The number of hydrogen-bond donors (Lipinski definition) is 0. The van der Waals surface area contributed by atoms with Gasteiger partial charge >= 0.3 is 6.01 Å². The molecular formula is C20H15ClN4O2. The maximum absolute atomic E-state index is 12.9. The summed E-state index contributed by atoms with van der Waals surface area (Å²) < 4.78 is 6.46. The van der Waals surface area contributed by atoms with Crippen LogP contribution in [0.25, 0.3) is 22.0 Å². The molecule has 0 aliphatic heterocycles. The number of benzene rings is 2. The number of methoxy groups -OCH3 is 1. The number of aromatic nitrogens is 4. The van der Waals surface area contributed by atoms with Crippen molar-refractivity contribution in [2.75, 3.05) is 7.11 Å². The first-order valence-electron chi connectivity index (χ1n) is 8.26. The van der Waals surface area contributed by atoms with Crippen molar-refractivity contribution in [3.05, 3.63) is 81.9 Å². The number of hydrogen-bond acceptors (Lipinski definition) is 5. The maximum atomic E-state index is 12.9. The van der Waals surface area contributed by atoms with E-state index in [0.29, 0.717) is 28.2 Å². The van der Waals surface area contributed by atoms with Crippen molar-refractivity contribution in [2.24, 2.45) is 0 Å². The Balaban J connectivity index is 1.88. The normalized spacial score (nSPS) is 10.9. The predicted molar refractivity (Wildman–Crippen MR) is 104 cm³/mol. The van der Waals surface area contributed by atoms with Crippen LogP contribution in [-0.2, 0) is 6.54 Å². The third kappa shape index (κ3) is 3.39. The van der Waals surface area contributed by atoms with E-state index in [-0.39, 0.29) is 11.6 Å². The van der Waals surface area contributed by atoms with Crippen LogP contribution in [0.4, 0.5) is 0 Å². The SMILES string of the molecule is COc1ncc(-c2nn(Cc3ccc(Cl)cc3)c(=O)c3ccccc23)cn1. The van der Waals surface area contributed by atoms with Crippen LogP contribution in [0, 0.1) is 0 Å². The number of halogens is 1. The van der Waals surface area contributed by atoms with Crippen LogP contribution in [0.15, 0.2) is 65.7 Å². The summed E-state index contributed by atoms with van der Waals surface area (Å²) in [6.07, 6.45) is 3.27. The number of nitrogens with zero attached hydrogens (tertiary/aromatic N) is 4. The first kappa shape index (κ1) is 17.2. The van der Waals surface area contributed by atoms with Crippen LogP contribution in [0.2, 0.25) is 5.02 Å². The van der Waals surface area contributed by atoms with E-state index < -0.39 is 0 Å². The molecule has 2 aromatic carbocycles. The van der Waals surface area contributed by atoms with Gasteiger partial charge in [-0.1, -0.05) is 41.9 Å². The second-order valence-electron chi connectivity index (χ2n) is 5.94. The smallest absolute Gasteiger partial charge is 0.316 e. The Morgan fingerprint density at radius 1 is 1.00 bits per heavy atom. The summed E-state index contributed by atoms with van der Waals surface area (Å²) in [5.41, 5.74) is 2.12. The highest BCUT2D eigenvalue weighted by atomic mass is 35.5. The Labute approximate surface area is 160 Å². The molecule has 0 atom stereocenters. The molecule has 2 heterocycles. The highest BCUT2D eigenvalue weighted by Crippen LogP contribution is 2.24. The molecule has 0 bridgehead atoms. The minimum Gasteiger partial charge on any atom is -0.467 e. The van der Waals surface area contributed by atoms with Crippen molar-refractivity contribution in [1.82, 2.24) is 19.7 Å². The molecule has 6 nitrogen and oxygen atoms in total. The molecule has 0 fully saturated rings. The van der Waals surface area contributed by atoms with E-state index >= 15 is 0 Å². The lowest BCUT2D eigenvalue weighted by Crippen LogP contribution is -2.24. The van der Waals surface area contributed by atoms with Gasteiger partial charge in [0.15, 0.2) is 0 Å². The maximum Gasteiger partial charge on any atom is 0.316 e. The van der Waals surface area contributed by atoms with E-state index in [9.17, 15) is 4.79 Å². The van der Waals surface area contributed by atoms with E-state index in [2.05, 4.69) is 15.1 Å². The summed E-state index contributed by atoms with van der Waals surface area (Å²) >= 11 is 5.95. The molecule has 0 aliphatic rings. The molecule has 0 radical (unpaired) electrons. The van der Waals surface area contributed by atoms with Gasteiger partial charge in [0.1, 0.15) is 5.69 Å². The van der Waals surface area contributed by atoms with Crippen molar-refractivity contribution < 1.29 is 4.74 Å². The van der Waals surface area contributed by atoms with Gasteiger partial charge < -0.3 is 4.74 Å². The van der Waals surface area contributed by atoms with E-state index in [1.807, 2.05) is 30.3 Å². The molecule has 0 aliphatic carbocycles. The fraction of sp³-hybridized carbons (Fsp3) is 0.100. The Morgan fingerprint density at radius 3 is 2.33 bits per heavy atom. The number of rotatable bonds is 4. The zero-order valence-corrected chi connectivity index (χ0v) is 15.2. The highest BCUT2D eigenvalue weighted by molar-refractivity contribution is 6.30. The summed E-state index contributed by atoms with van der Waals surface area (Å²) in [6.45, 7) is 0.338. The van der Waals surface area contributed by atoms with Crippen molar-refractivity contribution >= 4 is 22.4 Å². The Bertz CT molecular complexity index is 1160.